The van der Waals surface area contributed by atoms with E-state index in [0.29, 0.717) is 0 Å². The van der Waals surface area contributed by atoms with Gasteiger partial charge >= 0.3 is 11.9 Å². The Balaban J connectivity index is 1.89. The molecule has 1 aliphatic heterocycles. The van der Waals surface area contributed by atoms with E-state index in [2.05, 4.69) is 15.9 Å². The Labute approximate surface area is 150 Å². The summed E-state index contributed by atoms with van der Waals surface area (Å²) in [4.78, 5) is 24.5. The van der Waals surface area contributed by atoms with Crippen molar-refractivity contribution in [2.24, 2.45) is 17.8 Å². The summed E-state index contributed by atoms with van der Waals surface area (Å²) in [6.45, 7) is 0. The summed E-state index contributed by atoms with van der Waals surface area (Å²) < 4.78 is 11.4. The van der Waals surface area contributed by atoms with E-state index in [1.807, 2.05) is 36.4 Å². The average molecular weight is 393 g/mol. The second-order valence-electron chi connectivity index (χ2n) is 6.41. The minimum atomic E-state index is -0.860. The Morgan fingerprint density at radius 3 is 2.67 bits per heavy atom. The first kappa shape index (κ1) is 17.2. The van der Waals surface area contributed by atoms with E-state index < -0.39 is 17.9 Å². The summed E-state index contributed by atoms with van der Waals surface area (Å²) in [7, 11) is 1.32. The lowest BCUT2D eigenvalue weighted by atomic mass is 9.70. The number of fused-ring (bicyclic) bond motifs is 1. The summed E-state index contributed by atoms with van der Waals surface area (Å²) in [5.41, 5.74) is 1.04. The first-order valence-electron chi connectivity index (χ1n) is 8.32. The van der Waals surface area contributed by atoms with Crippen LogP contribution in [0.15, 0.2) is 34.8 Å². The second-order valence-corrected chi connectivity index (χ2v) is 7.33. The Bertz CT molecular complexity index is 637. The highest BCUT2D eigenvalue weighted by molar-refractivity contribution is 9.10. The van der Waals surface area contributed by atoms with Crippen LogP contribution in [0.25, 0.3) is 6.08 Å². The molecule has 0 amide bonds. The van der Waals surface area contributed by atoms with Crippen LogP contribution in [0.4, 0.5) is 0 Å². The lowest BCUT2D eigenvalue weighted by Gasteiger charge is -2.42. The first-order chi connectivity index (χ1) is 11.6. The number of benzene rings is 1. The minimum Gasteiger partial charge on any atom is -0.468 e. The Morgan fingerprint density at radius 2 is 1.96 bits per heavy atom. The third-order valence-corrected chi connectivity index (χ3v) is 5.52. The van der Waals surface area contributed by atoms with Gasteiger partial charge in [-0.25, -0.2) is 0 Å². The number of carbonyl (C=O) groups excluding carboxylic acids is 2. The first-order valence-corrected chi connectivity index (χ1v) is 9.11. The number of ether oxygens (including phenoxy) is 2. The molecule has 1 saturated carbocycles. The second kappa shape index (κ2) is 7.51. The normalized spacial score (nSPS) is 29.8. The number of esters is 2. The third-order valence-electron chi connectivity index (χ3n) is 4.99. The Hall–Kier alpha value is -1.62. The van der Waals surface area contributed by atoms with E-state index in [4.69, 9.17) is 9.47 Å². The van der Waals surface area contributed by atoms with Gasteiger partial charge in [0.05, 0.1) is 7.11 Å². The van der Waals surface area contributed by atoms with Gasteiger partial charge in [0.25, 0.3) is 0 Å². The highest BCUT2D eigenvalue weighted by atomic mass is 79.9. The van der Waals surface area contributed by atoms with Gasteiger partial charge in [-0.3, -0.25) is 9.59 Å². The van der Waals surface area contributed by atoms with Crippen LogP contribution < -0.4 is 0 Å². The van der Waals surface area contributed by atoms with Crippen molar-refractivity contribution in [3.05, 3.63) is 40.4 Å². The number of hydrogen-bond donors (Lipinski definition) is 0. The number of halogens is 1. The van der Waals surface area contributed by atoms with Crippen molar-refractivity contribution in [2.75, 3.05) is 7.11 Å². The molecule has 1 heterocycles. The van der Waals surface area contributed by atoms with Gasteiger partial charge in [0.2, 0.25) is 0 Å². The zero-order valence-electron chi connectivity index (χ0n) is 13.6. The number of carbonyl (C=O) groups is 2. The van der Waals surface area contributed by atoms with Crippen LogP contribution >= 0.6 is 15.9 Å². The van der Waals surface area contributed by atoms with E-state index in [0.717, 1.165) is 35.7 Å². The van der Waals surface area contributed by atoms with Crippen LogP contribution in [0.1, 0.15) is 31.2 Å². The standard InChI is InChI=1S/C19H21BrO4/c1-23-18(21)17-15(11-8-12-6-9-13(20)10-7-12)14-4-2-3-5-16(14)24-19(17)22/h6-11,14-17H,2-5H2,1H3/b11-8+/t14-,15-,16-,17-/m0/s1. The zero-order valence-corrected chi connectivity index (χ0v) is 15.2. The van der Waals surface area contributed by atoms with Crippen molar-refractivity contribution < 1.29 is 19.1 Å². The molecule has 24 heavy (non-hydrogen) atoms. The summed E-state index contributed by atoms with van der Waals surface area (Å²) in [6.07, 6.45) is 7.93. The van der Waals surface area contributed by atoms with Crippen molar-refractivity contribution in [2.45, 2.75) is 31.8 Å². The molecule has 2 aliphatic rings. The molecule has 3 rings (SSSR count). The van der Waals surface area contributed by atoms with Crippen molar-refractivity contribution in [1.82, 2.24) is 0 Å². The topological polar surface area (TPSA) is 52.6 Å². The fraction of sp³-hybridized carbons (Fsp3) is 0.474. The molecule has 0 radical (unpaired) electrons. The number of rotatable bonds is 3. The van der Waals surface area contributed by atoms with Gasteiger partial charge in [-0.05, 0) is 37.0 Å². The quantitative estimate of drug-likeness (QED) is 0.576. The Kier molecular flexibility index (Phi) is 5.39. The molecule has 128 valence electrons. The van der Waals surface area contributed by atoms with Gasteiger partial charge in [-0.1, -0.05) is 46.6 Å². The maximum Gasteiger partial charge on any atom is 0.321 e. The molecule has 0 bridgehead atoms. The van der Waals surface area contributed by atoms with E-state index in [1.54, 1.807) is 0 Å². The molecule has 1 aliphatic carbocycles. The molecule has 0 aromatic heterocycles. The van der Waals surface area contributed by atoms with Crippen LogP contribution in [-0.2, 0) is 19.1 Å². The molecule has 1 aromatic rings. The Morgan fingerprint density at radius 1 is 1.25 bits per heavy atom. The van der Waals surface area contributed by atoms with Crippen molar-refractivity contribution >= 4 is 33.9 Å². The van der Waals surface area contributed by atoms with Crippen LogP contribution in [0.5, 0.6) is 0 Å². The van der Waals surface area contributed by atoms with E-state index >= 15 is 0 Å². The maximum absolute atomic E-state index is 12.4. The molecule has 0 spiro atoms. The fourth-order valence-corrected chi connectivity index (χ4v) is 4.03. The molecule has 2 fully saturated rings. The smallest absolute Gasteiger partial charge is 0.321 e. The van der Waals surface area contributed by atoms with Gasteiger partial charge in [0.15, 0.2) is 5.92 Å². The summed E-state index contributed by atoms with van der Waals surface area (Å²) >= 11 is 3.42. The largest absolute Gasteiger partial charge is 0.468 e. The molecule has 1 aromatic carbocycles. The van der Waals surface area contributed by atoms with Crippen LogP contribution in [-0.4, -0.2) is 25.2 Å². The number of methoxy groups -OCH3 is 1. The van der Waals surface area contributed by atoms with Crippen molar-refractivity contribution in [3.8, 4) is 0 Å². The van der Waals surface area contributed by atoms with Gasteiger partial charge < -0.3 is 9.47 Å². The monoisotopic (exact) mass is 392 g/mol. The lowest BCUT2D eigenvalue weighted by Crippen LogP contribution is -2.49. The van der Waals surface area contributed by atoms with Gasteiger partial charge in [-0.2, -0.15) is 0 Å². The zero-order chi connectivity index (χ0) is 17.1. The van der Waals surface area contributed by atoms with Crippen molar-refractivity contribution in [3.63, 3.8) is 0 Å². The highest BCUT2D eigenvalue weighted by Gasteiger charge is 2.49. The molecule has 0 N–H and O–H groups in total. The third kappa shape index (κ3) is 3.56. The van der Waals surface area contributed by atoms with Crippen LogP contribution in [0.2, 0.25) is 0 Å². The summed E-state index contributed by atoms with van der Waals surface area (Å²) in [6, 6.07) is 7.92. The molecule has 4 nitrogen and oxygen atoms in total. The molecular formula is C19H21BrO4. The summed E-state index contributed by atoms with van der Waals surface area (Å²) in [5.74, 6) is -1.80. The van der Waals surface area contributed by atoms with Gasteiger partial charge in [-0.15, -0.1) is 0 Å². The molecular weight excluding hydrogens is 372 g/mol. The van der Waals surface area contributed by atoms with E-state index in [9.17, 15) is 9.59 Å². The molecule has 5 heteroatoms. The number of hydrogen-bond acceptors (Lipinski definition) is 4. The molecule has 0 unspecified atom stereocenters. The summed E-state index contributed by atoms with van der Waals surface area (Å²) in [5, 5.41) is 0. The van der Waals surface area contributed by atoms with Crippen LogP contribution in [0, 0.1) is 17.8 Å². The maximum atomic E-state index is 12.4. The van der Waals surface area contributed by atoms with E-state index in [-0.39, 0.29) is 17.9 Å². The average Bonchev–Trinajstić information content (AvgIpc) is 2.60. The van der Waals surface area contributed by atoms with Crippen molar-refractivity contribution in [1.29, 1.82) is 0 Å². The lowest BCUT2D eigenvalue weighted by molar-refractivity contribution is -0.181. The predicted molar refractivity (Wildman–Crippen MR) is 94.0 cm³/mol. The van der Waals surface area contributed by atoms with Gasteiger partial charge in [0.1, 0.15) is 6.10 Å². The highest BCUT2D eigenvalue weighted by Crippen LogP contribution is 2.42. The van der Waals surface area contributed by atoms with Crippen LogP contribution in [0.3, 0.4) is 0 Å². The van der Waals surface area contributed by atoms with Gasteiger partial charge in [0, 0.05) is 16.3 Å². The molecule has 4 atom stereocenters. The fourth-order valence-electron chi connectivity index (χ4n) is 3.77. The SMILES string of the molecule is COC(=O)[C@H]1C(=O)O[C@H]2CCCC[C@H]2[C@@H]1/C=C/c1ccc(Br)cc1. The molecule has 1 saturated heterocycles. The number of allylic oxidation sites excluding steroid dienone is 1. The predicted octanol–water partition coefficient (Wildman–Crippen LogP) is 3.98. The van der Waals surface area contributed by atoms with E-state index in [1.165, 1.54) is 7.11 Å². The minimum absolute atomic E-state index is 0.0771.